The molecule has 1 aromatic rings. The van der Waals surface area contributed by atoms with Crippen LogP contribution < -0.4 is 4.72 Å². The van der Waals surface area contributed by atoms with E-state index in [2.05, 4.69) is 9.71 Å². The van der Waals surface area contributed by atoms with Crippen LogP contribution in [0.5, 0.6) is 0 Å². The minimum Gasteiger partial charge on any atom is -0.383 e. The van der Waals surface area contributed by atoms with Gasteiger partial charge in [-0.3, -0.25) is 4.98 Å². The van der Waals surface area contributed by atoms with Crippen LogP contribution in [0.15, 0.2) is 24.4 Å². The van der Waals surface area contributed by atoms with Crippen LogP contribution in [0.4, 0.5) is 0 Å². The van der Waals surface area contributed by atoms with Crippen molar-refractivity contribution >= 4 is 21.6 Å². The fourth-order valence-corrected chi connectivity index (χ4v) is 2.78. The maximum Gasteiger partial charge on any atom is 0.211 e. The second-order valence-corrected chi connectivity index (χ2v) is 6.67. The van der Waals surface area contributed by atoms with Crippen molar-refractivity contribution in [3.63, 3.8) is 0 Å². The van der Waals surface area contributed by atoms with Crippen molar-refractivity contribution in [1.29, 1.82) is 0 Å². The van der Waals surface area contributed by atoms with Gasteiger partial charge >= 0.3 is 0 Å². The molecule has 0 aliphatic rings. The smallest absolute Gasteiger partial charge is 0.211 e. The summed E-state index contributed by atoms with van der Waals surface area (Å²) in [5.41, 5.74) is 0.766. The van der Waals surface area contributed by atoms with E-state index in [9.17, 15) is 8.42 Å². The highest BCUT2D eigenvalue weighted by atomic mass is 35.5. The molecule has 1 unspecified atom stereocenters. The minimum absolute atomic E-state index is 0.0290. The van der Waals surface area contributed by atoms with Crippen LogP contribution in [0.25, 0.3) is 0 Å². The van der Waals surface area contributed by atoms with Crippen LogP contribution in [-0.2, 0) is 21.2 Å². The Morgan fingerprint density at radius 2 is 2.26 bits per heavy atom. The van der Waals surface area contributed by atoms with Gasteiger partial charge in [0.05, 0.1) is 17.7 Å². The fourth-order valence-electron chi connectivity index (χ4n) is 1.49. The number of sulfonamides is 1. The first-order valence-electron chi connectivity index (χ1n) is 6.04. The van der Waals surface area contributed by atoms with E-state index in [-0.39, 0.29) is 11.1 Å². The van der Waals surface area contributed by atoms with Gasteiger partial charge in [0, 0.05) is 32.0 Å². The van der Waals surface area contributed by atoms with Gasteiger partial charge < -0.3 is 4.74 Å². The molecule has 1 N–H and O–H groups in total. The number of aromatic nitrogens is 1. The van der Waals surface area contributed by atoms with E-state index in [1.807, 2.05) is 12.1 Å². The maximum absolute atomic E-state index is 11.7. The topological polar surface area (TPSA) is 68.3 Å². The van der Waals surface area contributed by atoms with Crippen molar-refractivity contribution in [2.45, 2.75) is 18.2 Å². The van der Waals surface area contributed by atoms with Crippen molar-refractivity contribution in [2.24, 2.45) is 0 Å². The van der Waals surface area contributed by atoms with Crippen LogP contribution in [0.2, 0.25) is 0 Å². The molecule has 1 aromatic heterocycles. The van der Waals surface area contributed by atoms with Gasteiger partial charge in [0.2, 0.25) is 10.0 Å². The van der Waals surface area contributed by atoms with Gasteiger partial charge in [-0.05, 0) is 18.6 Å². The largest absolute Gasteiger partial charge is 0.383 e. The molecular formula is C12H19ClN2O3S. The molecule has 0 saturated heterocycles. The van der Waals surface area contributed by atoms with Crippen molar-refractivity contribution in [1.82, 2.24) is 9.71 Å². The number of hydrogen-bond acceptors (Lipinski definition) is 4. The standard InChI is InChI=1S/C12H19ClN2O3S/c1-18-10-11(13)5-8-15-19(16,17)9-6-12-4-2-3-7-14-12/h2-4,7,11,15H,5-6,8-10H2,1H3. The first kappa shape index (κ1) is 16.4. The number of pyridine rings is 1. The molecule has 1 rings (SSSR count). The summed E-state index contributed by atoms with van der Waals surface area (Å²) in [4.78, 5) is 4.08. The van der Waals surface area contributed by atoms with Crippen molar-refractivity contribution in [3.05, 3.63) is 30.1 Å². The van der Waals surface area contributed by atoms with Gasteiger partial charge in [-0.2, -0.15) is 0 Å². The molecule has 0 aromatic carbocycles. The molecule has 5 nitrogen and oxygen atoms in total. The van der Waals surface area contributed by atoms with Crippen LogP contribution in [0.1, 0.15) is 12.1 Å². The molecule has 7 heteroatoms. The summed E-state index contributed by atoms with van der Waals surface area (Å²) in [5, 5.41) is -0.177. The Bertz CT molecular complexity index is 453. The summed E-state index contributed by atoms with van der Waals surface area (Å²) in [5.74, 6) is 0.0290. The van der Waals surface area contributed by atoms with Gasteiger partial charge in [0.1, 0.15) is 0 Å². The summed E-state index contributed by atoms with van der Waals surface area (Å²) in [7, 11) is -1.72. The minimum atomic E-state index is -3.28. The van der Waals surface area contributed by atoms with E-state index in [0.717, 1.165) is 5.69 Å². The van der Waals surface area contributed by atoms with Crippen molar-refractivity contribution in [3.8, 4) is 0 Å². The average Bonchev–Trinajstić information content (AvgIpc) is 2.38. The van der Waals surface area contributed by atoms with Crippen LogP contribution in [-0.4, -0.2) is 44.8 Å². The monoisotopic (exact) mass is 306 g/mol. The van der Waals surface area contributed by atoms with E-state index in [4.69, 9.17) is 16.3 Å². The van der Waals surface area contributed by atoms with Crippen LogP contribution in [0, 0.1) is 0 Å². The van der Waals surface area contributed by atoms with Crippen molar-refractivity contribution < 1.29 is 13.2 Å². The molecule has 0 aliphatic carbocycles. The molecule has 0 fully saturated rings. The maximum atomic E-state index is 11.7. The van der Waals surface area contributed by atoms with Crippen LogP contribution >= 0.6 is 11.6 Å². The number of aryl methyl sites for hydroxylation is 1. The molecule has 0 radical (unpaired) electrons. The predicted molar refractivity (Wildman–Crippen MR) is 75.9 cm³/mol. The van der Waals surface area contributed by atoms with Gasteiger partial charge in [0.25, 0.3) is 0 Å². The lowest BCUT2D eigenvalue weighted by Gasteiger charge is -2.09. The summed E-state index contributed by atoms with van der Waals surface area (Å²) < 4.78 is 30.9. The Balaban J connectivity index is 2.28. The van der Waals surface area contributed by atoms with E-state index in [1.165, 1.54) is 0 Å². The Morgan fingerprint density at radius 3 is 2.89 bits per heavy atom. The highest BCUT2D eigenvalue weighted by molar-refractivity contribution is 7.89. The SMILES string of the molecule is COCC(Cl)CCNS(=O)(=O)CCc1ccccn1. The number of alkyl halides is 1. The van der Waals surface area contributed by atoms with Crippen molar-refractivity contribution in [2.75, 3.05) is 26.0 Å². The molecule has 0 amide bonds. The van der Waals surface area contributed by atoms with Gasteiger partial charge in [-0.25, -0.2) is 13.1 Å². The molecule has 1 heterocycles. The Hall–Kier alpha value is -0.690. The molecule has 0 bridgehead atoms. The zero-order valence-electron chi connectivity index (χ0n) is 10.9. The number of methoxy groups -OCH3 is 1. The number of ether oxygens (including phenoxy) is 1. The van der Waals surface area contributed by atoms with Gasteiger partial charge in [-0.15, -0.1) is 11.6 Å². The van der Waals surface area contributed by atoms with E-state index < -0.39 is 10.0 Å². The van der Waals surface area contributed by atoms with Crippen LogP contribution in [0.3, 0.4) is 0 Å². The normalized spacial score (nSPS) is 13.4. The Morgan fingerprint density at radius 1 is 1.47 bits per heavy atom. The average molecular weight is 307 g/mol. The zero-order chi connectivity index (χ0) is 14.1. The first-order chi connectivity index (χ1) is 9.03. The highest BCUT2D eigenvalue weighted by Crippen LogP contribution is 2.02. The number of rotatable bonds is 9. The summed E-state index contributed by atoms with van der Waals surface area (Å²) >= 11 is 5.91. The lowest BCUT2D eigenvalue weighted by atomic mass is 10.3. The summed E-state index contributed by atoms with van der Waals surface area (Å²) in [6, 6.07) is 5.45. The molecule has 0 aliphatic heterocycles. The first-order valence-corrected chi connectivity index (χ1v) is 8.12. The lowest BCUT2D eigenvalue weighted by Crippen LogP contribution is -2.30. The molecule has 19 heavy (non-hydrogen) atoms. The number of nitrogens with zero attached hydrogens (tertiary/aromatic N) is 1. The van der Waals surface area contributed by atoms with Gasteiger partial charge in [-0.1, -0.05) is 6.07 Å². The zero-order valence-corrected chi connectivity index (χ0v) is 12.5. The van der Waals surface area contributed by atoms with E-state index >= 15 is 0 Å². The third kappa shape index (κ3) is 7.47. The van der Waals surface area contributed by atoms with E-state index in [1.54, 1.807) is 19.4 Å². The molecule has 0 saturated carbocycles. The Labute approximate surface area is 119 Å². The Kier molecular flexibility index (Phi) is 7.30. The molecule has 1 atom stereocenters. The highest BCUT2D eigenvalue weighted by Gasteiger charge is 2.11. The number of halogens is 1. The molecule has 0 spiro atoms. The third-order valence-electron chi connectivity index (χ3n) is 2.48. The molecular weight excluding hydrogens is 288 g/mol. The number of hydrogen-bond donors (Lipinski definition) is 1. The summed E-state index contributed by atoms with van der Waals surface area (Å²) in [6.07, 6.45) is 2.59. The summed E-state index contributed by atoms with van der Waals surface area (Å²) in [6.45, 7) is 0.735. The molecule has 108 valence electrons. The third-order valence-corrected chi connectivity index (χ3v) is 4.21. The second kappa shape index (κ2) is 8.47. The fraction of sp³-hybridized carbons (Fsp3) is 0.583. The quantitative estimate of drug-likeness (QED) is 0.696. The number of nitrogens with one attached hydrogen (secondary N) is 1. The van der Waals surface area contributed by atoms with E-state index in [0.29, 0.717) is 26.0 Å². The second-order valence-electron chi connectivity index (χ2n) is 4.13. The predicted octanol–water partition coefficient (Wildman–Crippen LogP) is 1.19. The van der Waals surface area contributed by atoms with Gasteiger partial charge in [0.15, 0.2) is 0 Å². The lowest BCUT2D eigenvalue weighted by molar-refractivity contribution is 0.196.